The summed E-state index contributed by atoms with van der Waals surface area (Å²) in [6, 6.07) is 2.07. The van der Waals surface area contributed by atoms with Crippen LogP contribution >= 0.6 is 12.6 Å². The minimum atomic E-state index is 0.0529. The van der Waals surface area contributed by atoms with Crippen molar-refractivity contribution >= 4 is 12.6 Å². The number of hydrogen-bond acceptors (Lipinski definition) is 2. The maximum atomic E-state index is 5.37. The van der Waals surface area contributed by atoms with Crippen molar-refractivity contribution < 1.29 is 4.42 Å². The molecule has 2 heteroatoms. The van der Waals surface area contributed by atoms with E-state index in [1.165, 1.54) is 5.56 Å². The molecule has 0 amide bonds. The summed E-state index contributed by atoms with van der Waals surface area (Å²) in [4.78, 5) is 0. The van der Waals surface area contributed by atoms with E-state index in [9.17, 15) is 0 Å². The molecule has 0 atom stereocenters. The Kier molecular flexibility index (Phi) is 2.33. The van der Waals surface area contributed by atoms with Crippen LogP contribution in [0.3, 0.4) is 0 Å². The molecule has 0 unspecified atom stereocenters. The van der Waals surface area contributed by atoms with Crippen LogP contribution in [-0.2, 0) is 5.41 Å². The first-order chi connectivity index (χ1) is 5.06. The highest BCUT2D eigenvalue weighted by atomic mass is 32.1. The van der Waals surface area contributed by atoms with Gasteiger partial charge in [0.1, 0.15) is 5.76 Å². The lowest BCUT2D eigenvalue weighted by Gasteiger charge is -2.18. The fourth-order valence-electron chi connectivity index (χ4n) is 0.864. The van der Waals surface area contributed by atoms with Crippen molar-refractivity contribution in [3.05, 3.63) is 23.7 Å². The number of rotatable bonds is 2. The number of thiol groups is 1. The molecule has 0 aromatic carbocycles. The van der Waals surface area contributed by atoms with Gasteiger partial charge in [0.15, 0.2) is 0 Å². The Labute approximate surface area is 73.2 Å². The van der Waals surface area contributed by atoms with Crippen LogP contribution in [-0.4, -0.2) is 5.75 Å². The van der Waals surface area contributed by atoms with Crippen LogP contribution in [0.1, 0.15) is 25.2 Å². The summed E-state index contributed by atoms with van der Waals surface area (Å²) in [7, 11) is 0. The highest BCUT2D eigenvalue weighted by Crippen LogP contribution is 2.25. The van der Waals surface area contributed by atoms with Crippen molar-refractivity contribution in [2.24, 2.45) is 0 Å². The summed E-state index contributed by atoms with van der Waals surface area (Å²) in [5.41, 5.74) is 1.23. The molecule has 1 nitrogen and oxygen atoms in total. The van der Waals surface area contributed by atoms with Gasteiger partial charge in [-0.25, -0.2) is 0 Å². The molecule has 0 bridgehead atoms. The second-order valence-electron chi connectivity index (χ2n) is 3.53. The molecule has 0 saturated heterocycles. The Morgan fingerprint density at radius 1 is 1.55 bits per heavy atom. The number of furan rings is 1. The van der Waals surface area contributed by atoms with E-state index < -0.39 is 0 Å². The Morgan fingerprint density at radius 2 is 2.18 bits per heavy atom. The maximum absolute atomic E-state index is 5.37. The van der Waals surface area contributed by atoms with E-state index in [2.05, 4.69) is 32.5 Å². The molecule has 62 valence electrons. The normalized spacial score (nSPS) is 12.0. The van der Waals surface area contributed by atoms with Crippen LogP contribution in [0.25, 0.3) is 0 Å². The van der Waals surface area contributed by atoms with Crippen LogP contribution < -0.4 is 0 Å². The van der Waals surface area contributed by atoms with Gasteiger partial charge < -0.3 is 4.42 Å². The molecule has 1 aromatic rings. The zero-order valence-corrected chi connectivity index (χ0v) is 8.11. The third kappa shape index (κ3) is 1.80. The zero-order chi connectivity index (χ0) is 8.48. The van der Waals surface area contributed by atoms with E-state index in [0.29, 0.717) is 0 Å². The van der Waals surface area contributed by atoms with Crippen molar-refractivity contribution in [2.75, 3.05) is 5.75 Å². The highest BCUT2D eigenvalue weighted by Gasteiger charge is 2.21. The van der Waals surface area contributed by atoms with Crippen LogP contribution in [0.4, 0.5) is 0 Å². The highest BCUT2D eigenvalue weighted by molar-refractivity contribution is 7.80. The van der Waals surface area contributed by atoms with E-state index in [4.69, 9.17) is 4.42 Å². The molecule has 1 aromatic heterocycles. The third-order valence-corrected chi connectivity index (χ3v) is 2.58. The summed E-state index contributed by atoms with van der Waals surface area (Å²) in [5.74, 6) is 1.82. The first kappa shape index (κ1) is 8.72. The van der Waals surface area contributed by atoms with Gasteiger partial charge in [-0.05, 0) is 18.6 Å². The Hall–Kier alpha value is -0.370. The molecule has 0 spiro atoms. The molecule has 1 heterocycles. The van der Waals surface area contributed by atoms with Gasteiger partial charge in [0.2, 0.25) is 0 Å². The molecule has 0 aliphatic carbocycles. The standard InChI is InChI=1S/C9H14OS/c1-7-4-8(10-5-7)9(2,3)6-11/h4-5,11H,6H2,1-3H3. The van der Waals surface area contributed by atoms with Gasteiger partial charge in [-0.15, -0.1) is 0 Å². The molecular weight excluding hydrogens is 156 g/mol. The van der Waals surface area contributed by atoms with Crippen molar-refractivity contribution in [1.29, 1.82) is 0 Å². The first-order valence-electron chi connectivity index (χ1n) is 3.73. The molecule has 0 N–H and O–H groups in total. The molecule has 0 aliphatic heterocycles. The Balaban J connectivity index is 2.92. The van der Waals surface area contributed by atoms with Gasteiger partial charge in [0, 0.05) is 11.2 Å². The lowest BCUT2D eigenvalue weighted by atomic mass is 9.93. The fourth-order valence-corrected chi connectivity index (χ4v) is 1.02. The van der Waals surface area contributed by atoms with E-state index in [0.717, 1.165) is 11.5 Å². The fraction of sp³-hybridized carbons (Fsp3) is 0.556. The molecule has 11 heavy (non-hydrogen) atoms. The van der Waals surface area contributed by atoms with Gasteiger partial charge in [-0.2, -0.15) is 12.6 Å². The third-order valence-electron chi connectivity index (χ3n) is 1.79. The predicted octanol–water partition coefficient (Wildman–Crippen LogP) is 2.80. The molecule has 0 fully saturated rings. The topological polar surface area (TPSA) is 13.1 Å². The predicted molar refractivity (Wildman–Crippen MR) is 50.3 cm³/mol. The summed E-state index contributed by atoms with van der Waals surface area (Å²) in [6.07, 6.45) is 1.78. The monoisotopic (exact) mass is 170 g/mol. The van der Waals surface area contributed by atoms with Crippen LogP contribution in [0.2, 0.25) is 0 Å². The van der Waals surface area contributed by atoms with E-state index in [-0.39, 0.29) is 5.41 Å². The van der Waals surface area contributed by atoms with Crippen LogP contribution in [0, 0.1) is 6.92 Å². The van der Waals surface area contributed by atoms with Crippen molar-refractivity contribution in [3.63, 3.8) is 0 Å². The maximum Gasteiger partial charge on any atom is 0.110 e. The van der Waals surface area contributed by atoms with Gasteiger partial charge >= 0.3 is 0 Å². The molecule has 0 aliphatic rings. The Morgan fingerprint density at radius 3 is 2.55 bits per heavy atom. The number of hydrogen-bond donors (Lipinski definition) is 1. The van der Waals surface area contributed by atoms with Gasteiger partial charge in [0.25, 0.3) is 0 Å². The molecule has 0 radical (unpaired) electrons. The van der Waals surface area contributed by atoms with E-state index in [1.807, 2.05) is 6.92 Å². The van der Waals surface area contributed by atoms with Gasteiger partial charge in [-0.3, -0.25) is 0 Å². The first-order valence-corrected chi connectivity index (χ1v) is 4.36. The van der Waals surface area contributed by atoms with E-state index >= 15 is 0 Å². The average molecular weight is 170 g/mol. The summed E-state index contributed by atoms with van der Waals surface area (Å²) in [5, 5.41) is 0. The van der Waals surface area contributed by atoms with Crippen molar-refractivity contribution in [2.45, 2.75) is 26.2 Å². The largest absolute Gasteiger partial charge is 0.468 e. The lowest BCUT2D eigenvalue weighted by Crippen LogP contribution is -2.17. The smallest absolute Gasteiger partial charge is 0.110 e. The van der Waals surface area contributed by atoms with Crippen LogP contribution in [0.15, 0.2) is 16.7 Å². The minimum Gasteiger partial charge on any atom is -0.468 e. The zero-order valence-electron chi connectivity index (χ0n) is 7.22. The Bertz CT molecular complexity index is 237. The SMILES string of the molecule is Cc1coc(C(C)(C)CS)c1. The quantitative estimate of drug-likeness (QED) is 0.673. The molecule has 1 rings (SSSR count). The average Bonchev–Trinajstić information content (AvgIpc) is 2.36. The second kappa shape index (κ2) is 2.94. The second-order valence-corrected chi connectivity index (χ2v) is 3.85. The van der Waals surface area contributed by atoms with Gasteiger partial charge in [-0.1, -0.05) is 13.8 Å². The minimum absolute atomic E-state index is 0.0529. The van der Waals surface area contributed by atoms with E-state index in [1.54, 1.807) is 6.26 Å². The van der Waals surface area contributed by atoms with Crippen molar-refractivity contribution in [1.82, 2.24) is 0 Å². The lowest BCUT2D eigenvalue weighted by molar-refractivity contribution is 0.414. The van der Waals surface area contributed by atoms with Crippen molar-refractivity contribution in [3.8, 4) is 0 Å². The summed E-state index contributed by atoms with van der Waals surface area (Å²) < 4.78 is 5.37. The van der Waals surface area contributed by atoms with Gasteiger partial charge in [0.05, 0.1) is 6.26 Å². The van der Waals surface area contributed by atoms with Crippen LogP contribution in [0.5, 0.6) is 0 Å². The summed E-state index contributed by atoms with van der Waals surface area (Å²) >= 11 is 4.26. The number of aryl methyl sites for hydroxylation is 1. The molecule has 0 saturated carbocycles. The molecular formula is C9H14OS. The summed E-state index contributed by atoms with van der Waals surface area (Å²) in [6.45, 7) is 6.28.